The van der Waals surface area contributed by atoms with Crippen molar-refractivity contribution in [1.82, 2.24) is 0 Å². The molecule has 158 valence electrons. The molecule has 1 amide bonds. The van der Waals surface area contributed by atoms with Gasteiger partial charge in [-0.2, -0.15) is 0 Å². The number of aryl methyl sites for hydroxylation is 2. The SMILES string of the molecule is CCc1cccc(CC)c1N1C[C@H](C(=O)OCC(=O)c2ccc(Cl)cc2Cl)CC1=O. The van der Waals surface area contributed by atoms with Crippen molar-refractivity contribution in [3.63, 3.8) is 0 Å². The van der Waals surface area contributed by atoms with Crippen molar-refractivity contribution >= 4 is 46.5 Å². The highest BCUT2D eigenvalue weighted by atomic mass is 35.5. The zero-order valence-corrected chi connectivity index (χ0v) is 18.4. The number of hydrogen-bond donors (Lipinski definition) is 0. The van der Waals surface area contributed by atoms with Crippen molar-refractivity contribution in [2.45, 2.75) is 33.1 Å². The normalized spacial score (nSPS) is 16.1. The summed E-state index contributed by atoms with van der Waals surface area (Å²) in [5, 5.41) is 0.617. The Kier molecular flexibility index (Phi) is 7.16. The van der Waals surface area contributed by atoms with Crippen LogP contribution in [0, 0.1) is 5.92 Å². The molecular weight excluding hydrogens is 425 g/mol. The molecule has 0 aliphatic carbocycles. The van der Waals surface area contributed by atoms with E-state index in [1.807, 2.05) is 32.0 Å². The van der Waals surface area contributed by atoms with Crippen LogP contribution in [0.25, 0.3) is 0 Å². The van der Waals surface area contributed by atoms with Gasteiger partial charge in [-0.25, -0.2) is 0 Å². The molecule has 0 N–H and O–H groups in total. The van der Waals surface area contributed by atoms with Gasteiger partial charge in [0.05, 0.1) is 10.9 Å². The molecule has 0 radical (unpaired) electrons. The maximum atomic E-state index is 12.7. The topological polar surface area (TPSA) is 63.7 Å². The van der Waals surface area contributed by atoms with Crippen LogP contribution in [-0.4, -0.2) is 30.8 Å². The first kappa shape index (κ1) is 22.3. The van der Waals surface area contributed by atoms with Crippen LogP contribution in [0.4, 0.5) is 5.69 Å². The Morgan fingerprint density at radius 1 is 1.10 bits per heavy atom. The number of ketones is 1. The maximum Gasteiger partial charge on any atom is 0.311 e. The van der Waals surface area contributed by atoms with Crippen molar-refractivity contribution in [2.75, 3.05) is 18.1 Å². The first-order valence-electron chi connectivity index (χ1n) is 9.91. The van der Waals surface area contributed by atoms with Crippen molar-refractivity contribution in [3.05, 3.63) is 63.1 Å². The number of nitrogens with zero attached hydrogens (tertiary/aromatic N) is 1. The number of carbonyl (C=O) groups is 3. The van der Waals surface area contributed by atoms with Gasteiger partial charge < -0.3 is 9.64 Å². The van der Waals surface area contributed by atoms with Crippen LogP contribution in [0.15, 0.2) is 36.4 Å². The molecule has 1 fully saturated rings. The summed E-state index contributed by atoms with van der Waals surface area (Å²) in [5.74, 6) is -1.70. The second-order valence-electron chi connectivity index (χ2n) is 7.19. The maximum absolute atomic E-state index is 12.7. The molecule has 1 aliphatic heterocycles. The first-order chi connectivity index (χ1) is 14.3. The summed E-state index contributed by atoms with van der Waals surface area (Å²) in [6, 6.07) is 10.5. The fourth-order valence-electron chi connectivity index (χ4n) is 3.69. The summed E-state index contributed by atoms with van der Waals surface area (Å²) < 4.78 is 5.21. The molecule has 1 aliphatic rings. The highest BCUT2D eigenvalue weighted by Gasteiger charge is 2.37. The van der Waals surface area contributed by atoms with E-state index in [4.69, 9.17) is 27.9 Å². The molecule has 2 aromatic carbocycles. The highest BCUT2D eigenvalue weighted by molar-refractivity contribution is 6.36. The van der Waals surface area contributed by atoms with E-state index in [1.54, 1.807) is 11.0 Å². The third kappa shape index (κ3) is 4.68. The molecule has 0 aromatic heterocycles. The Bertz CT molecular complexity index is 967. The Balaban J connectivity index is 1.68. The van der Waals surface area contributed by atoms with E-state index in [0.717, 1.165) is 29.7 Å². The molecule has 0 saturated carbocycles. The molecule has 1 atom stereocenters. The van der Waals surface area contributed by atoms with Gasteiger partial charge in [-0.15, -0.1) is 0 Å². The molecule has 5 nitrogen and oxygen atoms in total. The van der Waals surface area contributed by atoms with Gasteiger partial charge in [0.15, 0.2) is 6.61 Å². The zero-order valence-electron chi connectivity index (χ0n) is 16.9. The average molecular weight is 448 g/mol. The van der Waals surface area contributed by atoms with Gasteiger partial charge in [0.2, 0.25) is 11.7 Å². The van der Waals surface area contributed by atoms with Crippen LogP contribution in [0.5, 0.6) is 0 Å². The summed E-state index contributed by atoms with van der Waals surface area (Å²) in [7, 11) is 0. The number of amides is 1. The predicted molar refractivity (Wildman–Crippen MR) is 117 cm³/mol. The summed E-state index contributed by atoms with van der Waals surface area (Å²) in [5.41, 5.74) is 3.28. The predicted octanol–water partition coefficient (Wildman–Crippen LogP) is 4.90. The number of halogens is 2. The third-order valence-electron chi connectivity index (χ3n) is 5.27. The summed E-state index contributed by atoms with van der Waals surface area (Å²) >= 11 is 11.9. The van der Waals surface area contributed by atoms with Gasteiger partial charge in [0.1, 0.15) is 0 Å². The minimum absolute atomic E-state index is 0.0654. The molecule has 30 heavy (non-hydrogen) atoms. The van der Waals surface area contributed by atoms with Gasteiger partial charge in [-0.3, -0.25) is 14.4 Å². The van der Waals surface area contributed by atoms with E-state index in [9.17, 15) is 14.4 Å². The van der Waals surface area contributed by atoms with Crippen molar-refractivity contribution in [3.8, 4) is 0 Å². The Labute approximate surface area is 185 Å². The van der Waals surface area contributed by atoms with Crippen LogP contribution < -0.4 is 4.90 Å². The van der Waals surface area contributed by atoms with E-state index in [-0.39, 0.29) is 29.5 Å². The van der Waals surface area contributed by atoms with E-state index in [0.29, 0.717) is 5.02 Å². The van der Waals surface area contributed by atoms with Gasteiger partial charge in [-0.1, -0.05) is 55.2 Å². The molecule has 0 bridgehead atoms. The van der Waals surface area contributed by atoms with Crippen LogP contribution >= 0.6 is 23.2 Å². The standard InChI is InChI=1S/C23H23Cl2NO4/c1-3-14-6-5-7-15(4-2)22(14)26-12-16(10-21(26)28)23(29)30-13-20(27)18-9-8-17(24)11-19(18)25/h5-9,11,16H,3-4,10,12-13H2,1-2H3/t16-/m1/s1. The fraction of sp³-hybridized carbons (Fsp3) is 0.348. The number of hydrogen-bond acceptors (Lipinski definition) is 4. The smallest absolute Gasteiger partial charge is 0.311 e. The van der Waals surface area contributed by atoms with Gasteiger partial charge in [0.25, 0.3) is 0 Å². The van der Waals surface area contributed by atoms with E-state index >= 15 is 0 Å². The average Bonchev–Trinajstić information content (AvgIpc) is 3.12. The second kappa shape index (κ2) is 9.63. The van der Waals surface area contributed by atoms with E-state index in [1.165, 1.54) is 12.1 Å². The zero-order chi connectivity index (χ0) is 21.8. The Morgan fingerprint density at radius 2 is 1.77 bits per heavy atom. The summed E-state index contributed by atoms with van der Waals surface area (Å²) in [4.78, 5) is 39.2. The lowest BCUT2D eigenvalue weighted by Crippen LogP contribution is -2.29. The second-order valence-corrected chi connectivity index (χ2v) is 8.04. The molecule has 7 heteroatoms. The monoisotopic (exact) mass is 447 g/mol. The van der Waals surface area contributed by atoms with E-state index in [2.05, 4.69) is 0 Å². The quantitative estimate of drug-likeness (QED) is 0.447. The Morgan fingerprint density at radius 3 is 2.37 bits per heavy atom. The lowest BCUT2D eigenvalue weighted by molar-refractivity contribution is -0.147. The molecule has 0 unspecified atom stereocenters. The number of carbonyl (C=O) groups excluding carboxylic acids is 3. The number of benzene rings is 2. The van der Waals surface area contributed by atoms with Gasteiger partial charge in [0, 0.05) is 29.2 Å². The molecule has 3 rings (SSSR count). The lowest BCUT2D eigenvalue weighted by Gasteiger charge is -2.23. The summed E-state index contributed by atoms with van der Waals surface area (Å²) in [6.07, 6.45) is 1.65. The number of para-hydroxylation sites is 1. The summed E-state index contributed by atoms with van der Waals surface area (Å²) in [6.45, 7) is 3.89. The number of ether oxygens (including phenoxy) is 1. The minimum atomic E-state index is -0.611. The number of rotatable bonds is 7. The van der Waals surface area contributed by atoms with Gasteiger partial charge in [-0.05, 0) is 42.2 Å². The molecule has 2 aromatic rings. The van der Waals surface area contributed by atoms with Crippen LogP contribution in [-0.2, 0) is 27.2 Å². The van der Waals surface area contributed by atoms with Crippen LogP contribution in [0.3, 0.4) is 0 Å². The van der Waals surface area contributed by atoms with Crippen molar-refractivity contribution in [1.29, 1.82) is 0 Å². The molecule has 1 saturated heterocycles. The number of anilines is 1. The highest BCUT2D eigenvalue weighted by Crippen LogP contribution is 2.33. The van der Waals surface area contributed by atoms with Crippen LogP contribution in [0.2, 0.25) is 10.0 Å². The minimum Gasteiger partial charge on any atom is -0.457 e. The number of esters is 1. The number of Topliss-reactive ketones (excluding diaryl/α,β-unsaturated/α-hetero) is 1. The largest absolute Gasteiger partial charge is 0.457 e. The molecule has 1 heterocycles. The third-order valence-corrected chi connectivity index (χ3v) is 5.82. The lowest BCUT2D eigenvalue weighted by atomic mass is 10.0. The molecule has 0 spiro atoms. The van der Waals surface area contributed by atoms with Gasteiger partial charge >= 0.3 is 5.97 Å². The molecular formula is C23H23Cl2NO4. The fourth-order valence-corrected chi connectivity index (χ4v) is 4.21. The van der Waals surface area contributed by atoms with E-state index < -0.39 is 24.3 Å². The van der Waals surface area contributed by atoms with Crippen LogP contribution in [0.1, 0.15) is 41.8 Å². The van der Waals surface area contributed by atoms with Crippen molar-refractivity contribution < 1.29 is 19.1 Å². The first-order valence-corrected chi connectivity index (χ1v) is 10.7. The Hall–Kier alpha value is -2.37. The van der Waals surface area contributed by atoms with Crippen molar-refractivity contribution in [2.24, 2.45) is 5.92 Å².